The number of hydrogen-bond donors (Lipinski definition) is 2. The minimum absolute atomic E-state index is 0.0455. The minimum atomic E-state index is -0.498. The lowest BCUT2D eigenvalue weighted by molar-refractivity contribution is -0.0487. The van der Waals surface area contributed by atoms with E-state index in [1.54, 1.807) is 0 Å². The monoisotopic (exact) mass is 427 g/mol. The number of H-pyrrole nitrogens is 1. The lowest BCUT2D eigenvalue weighted by Crippen LogP contribution is -2.56. The molecule has 3 atom stereocenters. The van der Waals surface area contributed by atoms with Gasteiger partial charge in [-0.3, -0.25) is 5.10 Å². The van der Waals surface area contributed by atoms with Crippen molar-refractivity contribution >= 4 is 6.09 Å². The molecule has 2 heterocycles. The van der Waals surface area contributed by atoms with Crippen molar-refractivity contribution in [2.24, 2.45) is 5.92 Å². The number of benzene rings is 1. The summed E-state index contributed by atoms with van der Waals surface area (Å²) in [5, 5.41) is 10.6. The Morgan fingerprint density at radius 2 is 2.23 bits per heavy atom. The smallest absolute Gasteiger partial charge is 0.410 e. The van der Waals surface area contributed by atoms with Gasteiger partial charge in [-0.2, -0.15) is 5.10 Å². The van der Waals surface area contributed by atoms with Gasteiger partial charge in [-0.1, -0.05) is 24.6 Å². The predicted molar refractivity (Wildman–Crippen MR) is 117 cm³/mol. The molecule has 168 valence electrons. The highest BCUT2D eigenvalue weighted by Gasteiger charge is 2.41. The van der Waals surface area contributed by atoms with E-state index >= 15 is 0 Å². The molecule has 4 rings (SSSR count). The first-order chi connectivity index (χ1) is 14.9. The molecule has 1 aromatic carbocycles. The Balaban J connectivity index is 1.41. The molecule has 2 aliphatic rings. The van der Waals surface area contributed by atoms with Crippen molar-refractivity contribution in [2.45, 2.75) is 64.3 Å². The molecule has 0 radical (unpaired) electrons. The number of rotatable bonds is 5. The molecule has 0 spiro atoms. The summed E-state index contributed by atoms with van der Waals surface area (Å²) < 4.78 is 11.5. The van der Waals surface area contributed by atoms with Crippen LogP contribution >= 0.6 is 0 Å². The van der Waals surface area contributed by atoms with E-state index in [0.29, 0.717) is 31.7 Å². The molecule has 2 N–H and O–H groups in total. The molecule has 31 heavy (non-hydrogen) atoms. The zero-order valence-corrected chi connectivity index (χ0v) is 18.6. The zero-order valence-electron chi connectivity index (χ0n) is 18.6. The second-order valence-corrected chi connectivity index (χ2v) is 9.43. The maximum Gasteiger partial charge on any atom is 0.410 e. The standard InChI is InChI=1S/C23H33N5O3/c1-23(2,3)31-22(29)28-10-11-30-14-20(28)18-8-5-9-19(18)24-13-16-6-4-7-17(12-16)21-25-15-26-27-21/h4,6-7,12,15,18-20,24H,5,8-11,13-14H2,1-3H3,(H,25,26,27)/t18-,19+,20-/m1/s1. The van der Waals surface area contributed by atoms with Crippen molar-refractivity contribution in [3.8, 4) is 11.4 Å². The van der Waals surface area contributed by atoms with E-state index in [1.165, 1.54) is 11.9 Å². The molecule has 1 saturated carbocycles. The number of ether oxygens (including phenoxy) is 2. The third-order valence-electron chi connectivity index (χ3n) is 6.04. The van der Waals surface area contributed by atoms with Crippen molar-refractivity contribution in [1.82, 2.24) is 25.4 Å². The molecular formula is C23H33N5O3. The average molecular weight is 428 g/mol. The normalized spacial score (nSPS) is 24.4. The van der Waals surface area contributed by atoms with Crippen molar-refractivity contribution in [3.05, 3.63) is 36.2 Å². The Bertz CT molecular complexity index is 864. The highest BCUT2D eigenvalue weighted by molar-refractivity contribution is 5.68. The van der Waals surface area contributed by atoms with Crippen LogP contribution in [0.3, 0.4) is 0 Å². The molecule has 1 saturated heterocycles. The molecule has 0 bridgehead atoms. The molecule has 2 aromatic rings. The molecule has 0 unspecified atom stereocenters. The summed E-state index contributed by atoms with van der Waals surface area (Å²) in [6.07, 6.45) is 4.63. The molecule has 1 aliphatic carbocycles. The quantitative estimate of drug-likeness (QED) is 0.760. The van der Waals surface area contributed by atoms with Crippen LogP contribution in [-0.4, -0.2) is 63.6 Å². The fourth-order valence-corrected chi connectivity index (χ4v) is 4.65. The van der Waals surface area contributed by atoms with Gasteiger partial charge < -0.3 is 19.7 Å². The number of aromatic amines is 1. The molecular weight excluding hydrogens is 394 g/mol. The molecule has 8 heteroatoms. The van der Waals surface area contributed by atoms with Crippen LogP contribution in [-0.2, 0) is 16.0 Å². The number of aromatic nitrogens is 3. The number of carbonyl (C=O) groups is 1. The lowest BCUT2D eigenvalue weighted by Gasteiger charge is -2.41. The van der Waals surface area contributed by atoms with Gasteiger partial charge in [0.25, 0.3) is 0 Å². The third-order valence-corrected chi connectivity index (χ3v) is 6.04. The summed E-state index contributed by atoms with van der Waals surface area (Å²) in [7, 11) is 0. The Labute approximate surface area is 183 Å². The maximum atomic E-state index is 12.8. The van der Waals surface area contributed by atoms with E-state index in [-0.39, 0.29) is 12.1 Å². The number of morpholine rings is 1. The van der Waals surface area contributed by atoms with Gasteiger partial charge in [-0.25, -0.2) is 9.78 Å². The first-order valence-electron chi connectivity index (χ1n) is 11.2. The number of carbonyl (C=O) groups excluding carboxylic acids is 1. The highest BCUT2D eigenvalue weighted by atomic mass is 16.6. The van der Waals surface area contributed by atoms with Crippen molar-refractivity contribution in [1.29, 1.82) is 0 Å². The Morgan fingerprint density at radius 3 is 3.00 bits per heavy atom. The summed E-state index contributed by atoms with van der Waals surface area (Å²) >= 11 is 0. The van der Waals surface area contributed by atoms with E-state index < -0.39 is 5.60 Å². The van der Waals surface area contributed by atoms with Crippen LogP contribution in [0.5, 0.6) is 0 Å². The van der Waals surface area contributed by atoms with Crippen LogP contribution in [0.2, 0.25) is 0 Å². The molecule has 1 aliphatic heterocycles. The van der Waals surface area contributed by atoms with Crippen LogP contribution in [0.4, 0.5) is 4.79 Å². The van der Waals surface area contributed by atoms with Crippen LogP contribution in [0.15, 0.2) is 30.6 Å². The van der Waals surface area contributed by atoms with E-state index in [1.807, 2.05) is 37.8 Å². The fraction of sp³-hybridized carbons (Fsp3) is 0.609. The van der Waals surface area contributed by atoms with Gasteiger partial charge in [0.05, 0.1) is 19.3 Å². The first-order valence-corrected chi connectivity index (χ1v) is 11.2. The van der Waals surface area contributed by atoms with Crippen LogP contribution in [0.25, 0.3) is 11.4 Å². The maximum absolute atomic E-state index is 12.8. The van der Waals surface area contributed by atoms with Crippen LogP contribution in [0.1, 0.15) is 45.6 Å². The van der Waals surface area contributed by atoms with Crippen LogP contribution < -0.4 is 5.32 Å². The number of nitrogens with zero attached hydrogens (tertiary/aromatic N) is 3. The van der Waals surface area contributed by atoms with Gasteiger partial charge in [0.1, 0.15) is 11.9 Å². The van der Waals surface area contributed by atoms with Gasteiger partial charge >= 0.3 is 6.09 Å². The second kappa shape index (κ2) is 9.36. The van der Waals surface area contributed by atoms with Crippen molar-refractivity contribution in [3.63, 3.8) is 0 Å². The predicted octanol–water partition coefficient (Wildman–Crippen LogP) is 3.37. The highest BCUT2D eigenvalue weighted by Crippen LogP contribution is 2.33. The summed E-state index contributed by atoms with van der Waals surface area (Å²) in [4.78, 5) is 19.0. The van der Waals surface area contributed by atoms with Gasteiger partial charge in [0.2, 0.25) is 0 Å². The van der Waals surface area contributed by atoms with E-state index in [0.717, 1.165) is 37.2 Å². The van der Waals surface area contributed by atoms with Crippen molar-refractivity contribution in [2.75, 3.05) is 19.8 Å². The van der Waals surface area contributed by atoms with Crippen molar-refractivity contribution < 1.29 is 14.3 Å². The van der Waals surface area contributed by atoms with E-state index in [4.69, 9.17) is 9.47 Å². The fourth-order valence-electron chi connectivity index (χ4n) is 4.65. The lowest BCUT2D eigenvalue weighted by atomic mass is 9.92. The Morgan fingerprint density at radius 1 is 1.35 bits per heavy atom. The summed E-state index contributed by atoms with van der Waals surface area (Å²) in [5.74, 6) is 1.12. The largest absolute Gasteiger partial charge is 0.444 e. The zero-order chi connectivity index (χ0) is 21.8. The third kappa shape index (κ3) is 5.43. The number of hydrogen-bond acceptors (Lipinski definition) is 6. The Kier molecular flexibility index (Phi) is 6.57. The molecule has 2 fully saturated rings. The number of amides is 1. The van der Waals surface area contributed by atoms with Gasteiger partial charge in [-0.15, -0.1) is 0 Å². The van der Waals surface area contributed by atoms with Gasteiger partial charge in [0, 0.05) is 24.7 Å². The SMILES string of the molecule is CC(C)(C)OC(=O)N1CCOC[C@@H]1[C@@H]1CCC[C@@H]1NCc1cccc(-c2ncn[nH]2)c1. The minimum Gasteiger partial charge on any atom is -0.444 e. The van der Waals surface area contributed by atoms with E-state index in [2.05, 4.69) is 32.6 Å². The molecule has 1 aromatic heterocycles. The van der Waals surface area contributed by atoms with E-state index in [9.17, 15) is 4.79 Å². The number of nitrogens with one attached hydrogen (secondary N) is 2. The first kappa shape index (κ1) is 21.8. The Hall–Kier alpha value is -2.45. The molecule has 1 amide bonds. The summed E-state index contributed by atoms with van der Waals surface area (Å²) in [5.41, 5.74) is 1.72. The molecule has 8 nitrogen and oxygen atoms in total. The average Bonchev–Trinajstić information content (AvgIpc) is 3.43. The summed E-state index contributed by atoms with van der Waals surface area (Å²) in [6, 6.07) is 8.71. The van der Waals surface area contributed by atoms with Gasteiger partial charge in [-0.05, 0) is 51.2 Å². The topological polar surface area (TPSA) is 92.4 Å². The summed E-state index contributed by atoms with van der Waals surface area (Å²) in [6.45, 7) is 8.22. The van der Waals surface area contributed by atoms with Gasteiger partial charge in [0.15, 0.2) is 5.82 Å². The second-order valence-electron chi connectivity index (χ2n) is 9.43. The van der Waals surface area contributed by atoms with Crippen LogP contribution in [0, 0.1) is 5.92 Å².